The minimum atomic E-state index is -0.423. The molecule has 0 saturated heterocycles. The number of hydrogen-bond acceptors (Lipinski definition) is 5. The average Bonchev–Trinajstić information content (AvgIpc) is 2.47. The zero-order valence-corrected chi connectivity index (χ0v) is 8.07. The molecule has 0 fully saturated rings. The van der Waals surface area contributed by atoms with E-state index >= 15 is 0 Å². The summed E-state index contributed by atoms with van der Waals surface area (Å²) in [7, 11) is 1.32. The van der Waals surface area contributed by atoms with Crippen molar-refractivity contribution in [3.05, 3.63) is 16.5 Å². The molecule has 0 saturated carbocycles. The Kier molecular flexibility index (Phi) is 2.95. The Hall–Kier alpha value is -1.45. The van der Waals surface area contributed by atoms with Crippen LogP contribution in [-0.4, -0.2) is 19.1 Å². The van der Waals surface area contributed by atoms with Gasteiger partial charge in [-0.25, -0.2) is 10.2 Å². The molecule has 13 heavy (non-hydrogen) atoms. The van der Waals surface area contributed by atoms with Gasteiger partial charge in [0.05, 0.1) is 13.1 Å². The lowest BCUT2D eigenvalue weighted by Gasteiger charge is -1.97. The topological polar surface area (TPSA) is 62.5 Å². The summed E-state index contributed by atoms with van der Waals surface area (Å²) in [5.74, 6) is -0.423. The number of methoxy groups -OCH3 is 1. The molecule has 1 rings (SSSR count). The van der Waals surface area contributed by atoms with E-state index < -0.39 is 5.97 Å². The number of carbonyl (C=O) groups excluding carboxylic acids is 1. The Morgan fingerprint density at radius 2 is 2.46 bits per heavy atom. The van der Waals surface area contributed by atoms with E-state index in [1.807, 2.05) is 6.01 Å². The first kappa shape index (κ1) is 9.64. The summed E-state index contributed by atoms with van der Waals surface area (Å²) < 4.78 is 4.58. The number of thiophene rings is 1. The van der Waals surface area contributed by atoms with Crippen molar-refractivity contribution in [1.82, 2.24) is 0 Å². The maximum atomic E-state index is 11.2. The van der Waals surface area contributed by atoms with Crippen molar-refractivity contribution in [3.63, 3.8) is 0 Å². The van der Waals surface area contributed by atoms with Gasteiger partial charge in [-0.1, -0.05) is 0 Å². The zero-order chi connectivity index (χ0) is 9.84. The third-order valence-corrected chi connectivity index (χ3v) is 2.49. The van der Waals surface area contributed by atoms with Crippen molar-refractivity contribution < 1.29 is 9.53 Å². The summed E-state index contributed by atoms with van der Waals surface area (Å²) in [6, 6.07) is 1.89. The first-order valence-corrected chi connectivity index (χ1v) is 4.37. The van der Waals surface area contributed by atoms with E-state index in [-0.39, 0.29) is 0 Å². The fraction of sp³-hybridized carbons (Fsp3) is 0.250. The van der Waals surface area contributed by atoms with Crippen LogP contribution in [-0.2, 0) is 4.74 Å². The highest BCUT2D eigenvalue weighted by molar-refractivity contribution is 7.14. The number of nitrogens with one attached hydrogen (secondary N) is 1. The Morgan fingerprint density at radius 1 is 1.77 bits per heavy atom. The van der Waals surface area contributed by atoms with Crippen molar-refractivity contribution in [2.24, 2.45) is 4.99 Å². The fourth-order valence-corrected chi connectivity index (χ4v) is 1.78. The SMILES string of the molecule is COC(=O)c1c(C)csc1N=C=N. The molecule has 1 aromatic rings. The molecule has 0 spiro atoms. The van der Waals surface area contributed by atoms with Gasteiger partial charge in [-0.15, -0.1) is 11.3 Å². The summed E-state index contributed by atoms with van der Waals surface area (Å²) in [4.78, 5) is 14.9. The van der Waals surface area contributed by atoms with Crippen molar-refractivity contribution in [2.75, 3.05) is 7.11 Å². The van der Waals surface area contributed by atoms with Crippen LogP contribution < -0.4 is 0 Å². The molecule has 0 atom stereocenters. The van der Waals surface area contributed by atoms with Crippen molar-refractivity contribution in [1.29, 1.82) is 5.41 Å². The summed E-state index contributed by atoms with van der Waals surface area (Å²) in [5, 5.41) is 8.95. The monoisotopic (exact) mass is 196 g/mol. The maximum absolute atomic E-state index is 11.2. The van der Waals surface area contributed by atoms with Gasteiger partial charge in [-0.3, -0.25) is 0 Å². The first-order valence-electron chi connectivity index (χ1n) is 3.49. The lowest BCUT2D eigenvalue weighted by atomic mass is 10.2. The minimum absolute atomic E-state index is 0.423. The predicted octanol–water partition coefficient (Wildman–Crippen LogP) is 2.23. The van der Waals surface area contributed by atoms with Gasteiger partial charge in [-0.2, -0.15) is 4.99 Å². The van der Waals surface area contributed by atoms with Gasteiger partial charge in [0.15, 0.2) is 0 Å². The van der Waals surface area contributed by atoms with Crippen LogP contribution in [0.2, 0.25) is 0 Å². The molecule has 0 aliphatic heterocycles. The molecule has 0 aliphatic carbocycles. The fourth-order valence-electron chi connectivity index (χ4n) is 0.914. The Balaban J connectivity index is 3.23. The zero-order valence-electron chi connectivity index (χ0n) is 7.25. The minimum Gasteiger partial charge on any atom is -0.465 e. The molecule has 1 aromatic heterocycles. The predicted molar refractivity (Wildman–Crippen MR) is 50.2 cm³/mol. The van der Waals surface area contributed by atoms with Gasteiger partial charge in [0.2, 0.25) is 0 Å². The number of aliphatic imine (C=N–C) groups is 1. The highest BCUT2D eigenvalue weighted by Gasteiger charge is 2.16. The van der Waals surface area contributed by atoms with E-state index in [9.17, 15) is 4.79 Å². The molecule has 0 bridgehead atoms. The van der Waals surface area contributed by atoms with Gasteiger partial charge in [-0.05, 0) is 17.9 Å². The van der Waals surface area contributed by atoms with Crippen LogP contribution in [0.25, 0.3) is 0 Å². The molecule has 0 unspecified atom stereocenters. The summed E-state index contributed by atoms with van der Waals surface area (Å²) in [5.41, 5.74) is 1.23. The second-order valence-electron chi connectivity index (χ2n) is 2.31. The molecular formula is C8H8N2O2S. The Labute approximate surface area is 79.4 Å². The summed E-state index contributed by atoms with van der Waals surface area (Å²) in [6.45, 7) is 1.80. The van der Waals surface area contributed by atoms with E-state index in [2.05, 4.69) is 9.73 Å². The van der Waals surface area contributed by atoms with Crippen molar-refractivity contribution >= 4 is 28.3 Å². The van der Waals surface area contributed by atoms with E-state index in [1.165, 1.54) is 18.4 Å². The molecule has 0 amide bonds. The number of aryl methyl sites for hydroxylation is 1. The standard InChI is InChI=1S/C8H8N2O2S/c1-5-3-13-7(10-4-9)6(5)8(11)12-2/h3,9H,1-2H3. The molecule has 1 heterocycles. The molecular weight excluding hydrogens is 188 g/mol. The summed E-state index contributed by atoms with van der Waals surface area (Å²) in [6.07, 6.45) is 0. The molecule has 0 radical (unpaired) electrons. The number of rotatable bonds is 2. The second kappa shape index (κ2) is 3.98. The lowest BCUT2D eigenvalue weighted by Crippen LogP contribution is -2.01. The molecule has 0 aromatic carbocycles. The van der Waals surface area contributed by atoms with E-state index in [4.69, 9.17) is 5.41 Å². The van der Waals surface area contributed by atoms with Gasteiger partial charge in [0, 0.05) is 0 Å². The van der Waals surface area contributed by atoms with E-state index in [0.717, 1.165) is 5.56 Å². The van der Waals surface area contributed by atoms with Crippen LogP contribution in [0.4, 0.5) is 5.00 Å². The number of carbonyl (C=O) groups is 1. The van der Waals surface area contributed by atoms with Crippen molar-refractivity contribution in [2.45, 2.75) is 6.92 Å². The van der Waals surface area contributed by atoms with Crippen LogP contribution >= 0.6 is 11.3 Å². The van der Waals surface area contributed by atoms with E-state index in [1.54, 1.807) is 12.3 Å². The van der Waals surface area contributed by atoms with Crippen LogP contribution in [0.5, 0.6) is 0 Å². The smallest absolute Gasteiger partial charge is 0.341 e. The Bertz CT molecular complexity index is 377. The van der Waals surface area contributed by atoms with Crippen LogP contribution in [0, 0.1) is 12.3 Å². The quantitative estimate of drug-likeness (QED) is 0.582. The van der Waals surface area contributed by atoms with Crippen LogP contribution in [0.3, 0.4) is 0 Å². The van der Waals surface area contributed by atoms with Gasteiger partial charge >= 0.3 is 5.97 Å². The molecule has 4 nitrogen and oxygen atoms in total. The Morgan fingerprint density at radius 3 is 3.00 bits per heavy atom. The third kappa shape index (κ3) is 1.83. The number of hydrogen-bond donors (Lipinski definition) is 1. The molecule has 5 heteroatoms. The second-order valence-corrected chi connectivity index (χ2v) is 3.17. The molecule has 68 valence electrons. The van der Waals surface area contributed by atoms with Gasteiger partial charge in [0.1, 0.15) is 10.6 Å². The number of ether oxygens (including phenoxy) is 1. The number of esters is 1. The first-order chi connectivity index (χ1) is 6.20. The van der Waals surface area contributed by atoms with Crippen LogP contribution in [0.15, 0.2) is 10.4 Å². The number of nitrogens with zero attached hydrogens (tertiary/aromatic N) is 1. The van der Waals surface area contributed by atoms with Gasteiger partial charge < -0.3 is 4.74 Å². The highest BCUT2D eigenvalue weighted by atomic mass is 32.1. The average molecular weight is 196 g/mol. The molecule has 0 aliphatic rings. The normalized spacial score (nSPS) is 9.08. The van der Waals surface area contributed by atoms with Crippen LogP contribution in [0.1, 0.15) is 15.9 Å². The summed E-state index contributed by atoms with van der Waals surface area (Å²) >= 11 is 1.29. The molecule has 1 N–H and O–H groups in total. The highest BCUT2D eigenvalue weighted by Crippen LogP contribution is 2.30. The van der Waals surface area contributed by atoms with Gasteiger partial charge in [0.25, 0.3) is 0 Å². The van der Waals surface area contributed by atoms with Crippen molar-refractivity contribution in [3.8, 4) is 0 Å². The van der Waals surface area contributed by atoms with E-state index in [0.29, 0.717) is 10.6 Å². The maximum Gasteiger partial charge on any atom is 0.341 e. The lowest BCUT2D eigenvalue weighted by molar-refractivity contribution is 0.0601. The largest absolute Gasteiger partial charge is 0.465 e. The third-order valence-electron chi connectivity index (χ3n) is 1.50.